The predicted molar refractivity (Wildman–Crippen MR) is 59.0 cm³/mol. The molecule has 0 atom stereocenters. The van der Waals surface area contributed by atoms with Crippen LogP contribution >= 0.6 is 0 Å². The van der Waals surface area contributed by atoms with Crippen LogP contribution in [-0.2, 0) is 6.42 Å². The average molecular weight is 197 g/mol. The Morgan fingerprint density at radius 2 is 2.07 bits per heavy atom. The lowest BCUT2D eigenvalue weighted by Gasteiger charge is -2.16. The van der Waals surface area contributed by atoms with Crippen LogP contribution in [0.25, 0.3) is 10.8 Å². The van der Waals surface area contributed by atoms with E-state index in [-0.39, 0.29) is 5.78 Å². The van der Waals surface area contributed by atoms with Gasteiger partial charge >= 0.3 is 0 Å². The zero-order valence-corrected chi connectivity index (χ0v) is 8.36. The van der Waals surface area contributed by atoms with Gasteiger partial charge in [0.1, 0.15) is 0 Å². The first-order valence-electron chi connectivity index (χ1n) is 5.25. The van der Waals surface area contributed by atoms with Gasteiger partial charge in [-0.2, -0.15) is 0 Å². The minimum Gasteiger partial charge on any atom is -0.294 e. The number of carbonyl (C=O) groups excluding carboxylic acids is 1. The molecule has 0 amide bonds. The van der Waals surface area contributed by atoms with Gasteiger partial charge in [0.25, 0.3) is 0 Å². The lowest BCUT2D eigenvalue weighted by Crippen LogP contribution is -2.11. The van der Waals surface area contributed by atoms with E-state index in [4.69, 9.17) is 0 Å². The molecule has 1 aliphatic carbocycles. The molecule has 1 aromatic heterocycles. The summed E-state index contributed by atoms with van der Waals surface area (Å²) in [6.07, 6.45) is 6.28. The van der Waals surface area contributed by atoms with Crippen molar-refractivity contribution < 1.29 is 4.79 Å². The summed E-state index contributed by atoms with van der Waals surface area (Å²) in [5, 5.41) is 2.12. The van der Waals surface area contributed by atoms with Crippen LogP contribution in [0.15, 0.2) is 30.6 Å². The number of fused-ring (bicyclic) bond motifs is 3. The molecule has 2 heteroatoms. The normalized spacial score (nSPS) is 15.3. The molecule has 0 spiro atoms. The van der Waals surface area contributed by atoms with E-state index >= 15 is 0 Å². The van der Waals surface area contributed by atoms with E-state index in [1.807, 2.05) is 12.3 Å². The van der Waals surface area contributed by atoms with Crippen molar-refractivity contribution in [2.24, 2.45) is 0 Å². The SMILES string of the molecule is O=C1CCCc2ccc3cnccc3c21. The maximum Gasteiger partial charge on any atom is 0.163 e. The Kier molecular flexibility index (Phi) is 1.81. The first kappa shape index (κ1) is 8.60. The standard InChI is InChI=1S/C13H11NO/c15-12-3-1-2-9-4-5-10-8-14-7-6-11(10)13(9)12/h4-8H,1-3H2. The van der Waals surface area contributed by atoms with Gasteiger partial charge in [-0.05, 0) is 29.9 Å². The predicted octanol–water partition coefficient (Wildman–Crippen LogP) is 2.75. The Morgan fingerprint density at radius 1 is 1.13 bits per heavy atom. The smallest absolute Gasteiger partial charge is 0.163 e. The Morgan fingerprint density at radius 3 is 3.00 bits per heavy atom. The average Bonchev–Trinajstić information content (AvgIpc) is 2.29. The highest BCUT2D eigenvalue weighted by molar-refractivity contribution is 6.09. The topological polar surface area (TPSA) is 30.0 Å². The third-order valence-electron chi connectivity index (χ3n) is 3.04. The van der Waals surface area contributed by atoms with Gasteiger partial charge in [0.15, 0.2) is 5.78 Å². The van der Waals surface area contributed by atoms with Crippen LogP contribution in [0.2, 0.25) is 0 Å². The van der Waals surface area contributed by atoms with Gasteiger partial charge in [0, 0.05) is 29.8 Å². The maximum atomic E-state index is 11.9. The van der Waals surface area contributed by atoms with Crippen LogP contribution in [0.3, 0.4) is 0 Å². The third kappa shape index (κ3) is 1.25. The van der Waals surface area contributed by atoms with Gasteiger partial charge in [0.05, 0.1) is 0 Å². The molecule has 0 aliphatic heterocycles. The zero-order valence-electron chi connectivity index (χ0n) is 8.36. The minimum atomic E-state index is 0.285. The first-order chi connectivity index (χ1) is 7.36. The summed E-state index contributed by atoms with van der Waals surface area (Å²) in [7, 11) is 0. The van der Waals surface area contributed by atoms with Crippen molar-refractivity contribution in [1.82, 2.24) is 4.98 Å². The summed E-state index contributed by atoms with van der Waals surface area (Å²) >= 11 is 0. The Balaban J connectivity index is 2.40. The van der Waals surface area contributed by atoms with Gasteiger partial charge in [-0.1, -0.05) is 12.1 Å². The van der Waals surface area contributed by atoms with Gasteiger partial charge < -0.3 is 0 Å². The largest absolute Gasteiger partial charge is 0.294 e. The van der Waals surface area contributed by atoms with Crippen LogP contribution in [-0.4, -0.2) is 10.8 Å². The molecular weight excluding hydrogens is 186 g/mol. The number of rotatable bonds is 0. The van der Waals surface area contributed by atoms with Crippen LogP contribution in [0.5, 0.6) is 0 Å². The van der Waals surface area contributed by atoms with Crippen molar-refractivity contribution in [3.8, 4) is 0 Å². The molecule has 1 aliphatic rings. The number of aromatic nitrogens is 1. The number of hydrogen-bond acceptors (Lipinski definition) is 2. The van der Waals surface area contributed by atoms with Crippen molar-refractivity contribution in [2.45, 2.75) is 19.3 Å². The van der Waals surface area contributed by atoms with Crippen LogP contribution in [0.4, 0.5) is 0 Å². The van der Waals surface area contributed by atoms with E-state index in [1.165, 1.54) is 5.56 Å². The molecular formula is C13H11NO. The molecule has 0 bridgehead atoms. The van der Waals surface area contributed by atoms with Gasteiger partial charge in [0.2, 0.25) is 0 Å². The van der Waals surface area contributed by atoms with Gasteiger partial charge in [-0.25, -0.2) is 0 Å². The number of pyridine rings is 1. The highest BCUT2D eigenvalue weighted by Crippen LogP contribution is 2.28. The molecule has 0 saturated carbocycles. The van der Waals surface area contributed by atoms with Crippen LogP contribution < -0.4 is 0 Å². The summed E-state index contributed by atoms with van der Waals surface area (Å²) in [4.78, 5) is 16.0. The van der Waals surface area contributed by atoms with Crippen molar-refractivity contribution in [2.75, 3.05) is 0 Å². The molecule has 15 heavy (non-hydrogen) atoms. The third-order valence-corrected chi connectivity index (χ3v) is 3.04. The van der Waals surface area contributed by atoms with E-state index in [0.717, 1.165) is 29.2 Å². The highest BCUT2D eigenvalue weighted by Gasteiger charge is 2.19. The van der Waals surface area contributed by atoms with Crippen molar-refractivity contribution >= 4 is 16.6 Å². The fourth-order valence-electron chi connectivity index (χ4n) is 2.32. The molecule has 2 nitrogen and oxygen atoms in total. The fourth-order valence-corrected chi connectivity index (χ4v) is 2.32. The van der Waals surface area contributed by atoms with Gasteiger partial charge in [-0.15, -0.1) is 0 Å². The molecule has 1 heterocycles. The van der Waals surface area contributed by atoms with E-state index in [0.29, 0.717) is 6.42 Å². The second-order valence-corrected chi connectivity index (χ2v) is 3.97. The van der Waals surface area contributed by atoms with Crippen LogP contribution in [0.1, 0.15) is 28.8 Å². The first-order valence-corrected chi connectivity index (χ1v) is 5.25. The summed E-state index contributed by atoms with van der Waals surface area (Å²) in [5.41, 5.74) is 2.13. The Hall–Kier alpha value is -1.70. The molecule has 0 radical (unpaired) electrons. The second-order valence-electron chi connectivity index (χ2n) is 3.97. The van der Waals surface area contributed by atoms with E-state index < -0.39 is 0 Å². The molecule has 0 unspecified atom stereocenters. The number of carbonyl (C=O) groups is 1. The quantitative estimate of drug-likeness (QED) is 0.650. The second kappa shape index (κ2) is 3.16. The van der Waals surface area contributed by atoms with Gasteiger partial charge in [-0.3, -0.25) is 9.78 Å². The number of nitrogens with zero attached hydrogens (tertiary/aromatic N) is 1. The Bertz CT molecular complexity index is 545. The van der Waals surface area contributed by atoms with Crippen molar-refractivity contribution in [3.05, 3.63) is 41.7 Å². The lowest BCUT2D eigenvalue weighted by atomic mass is 9.87. The lowest BCUT2D eigenvalue weighted by molar-refractivity contribution is 0.0974. The zero-order chi connectivity index (χ0) is 10.3. The van der Waals surface area contributed by atoms with Crippen molar-refractivity contribution in [3.63, 3.8) is 0 Å². The summed E-state index contributed by atoms with van der Waals surface area (Å²) < 4.78 is 0. The maximum absolute atomic E-state index is 11.9. The molecule has 1 aromatic carbocycles. The number of aryl methyl sites for hydroxylation is 1. The number of hydrogen-bond donors (Lipinski definition) is 0. The summed E-state index contributed by atoms with van der Waals surface area (Å²) in [5.74, 6) is 0.285. The Labute approximate surface area is 87.9 Å². The minimum absolute atomic E-state index is 0.285. The molecule has 74 valence electrons. The monoisotopic (exact) mass is 197 g/mol. The fraction of sp³-hybridized carbons (Fsp3) is 0.231. The molecule has 2 aromatic rings. The van der Waals surface area contributed by atoms with E-state index in [1.54, 1.807) is 6.20 Å². The molecule has 0 fully saturated rings. The number of ketones is 1. The van der Waals surface area contributed by atoms with E-state index in [2.05, 4.69) is 17.1 Å². The van der Waals surface area contributed by atoms with Crippen LogP contribution in [0, 0.1) is 0 Å². The number of Topliss-reactive ketones (excluding diaryl/α,β-unsaturated/α-hetero) is 1. The van der Waals surface area contributed by atoms with E-state index in [9.17, 15) is 4.79 Å². The highest BCUT2D eigenvalue weighted by atomic mass is 16.1. The summed E-state index contributed by atoms with van der Waals surface area (Å²) in [6.45, 7) is 0. The molecule has 0 saturated heterocycles. The molecule has 0 N–H and O–H groups in total. The number of benzene rings is 1. The molecule has 3 rings (SSSR count). The summed E-state index contributed by atoms with van der Waals surface area (Å²) in [6, 6.07) is 6.06. The van der Waals surface area contributed by atoms with Crippen molar-refractivity contribution in [1.29, 1.82) is 0 Å².